The summed E-state index contributed by atoms with van der Waals surface area (Å²) in [5, 5.41) is 1.03. The number of pyridine rings is 1. The van der Waals surface area contributed by atoms with Crippen LogP contribution in [0, 0.1) is 13.8 Å². The van der Waals surface area contributed by atoms with Crippen LogP contribution in [0.4, 0.5) is 18.9 Å². The van der Waals surface area contributed by atoms with E-state index in [-0.39, 0.29) is 5.69 Å². The van der Waals surface area contributed by atoms with Crippen LogP contribution in [-0.4, -0.2) is 24.1 Å². The van der Waals surface area contributed by atoms with Crippen LogP contribution in [0.15, 0.2) is 48.5 Å². The maximum Gasteiger partial charge on any atom is 0.471 e. The number of rotatable bonds is 2. The van der Waals surface area contributed by atoms with E-state index in [1.165, 1.54) is 6.07 Å². The van der Waals surface area contributed by atoms with Crippen molar-refractivity contribution >= 4 is 22.5 Å². The highest BCUT2D eigenvalue weighted by molar-refractivity contribution is 5.97. The van der Waals surface area contributed by atoms with Crippen LogP contribution >= 0.6 is 0 Å². The zero-order valence-electron chi connectivity index (χ0n) is 14.6. The summed E-state index contributed by atoms with van der Waals surface area (Å²) in [5.41, 5.74) is 4.27. The Bertz CT molecular complexity index is 996. The van der Waals surface area contributed by atoms with E-state index in [2.05, 4.69) is 4.98 Å². The van der Waals surface area contributed by atoms with E-state index in [1.807, 2.05) is 37.3 Å². The molecule has 3 aromatic rings. The molecule has 1 amide bonds. The van der Waals surface area contributed by atoms with Crippen molar-refractivity contribution in [2.45, 2.75) is 20.0 Å². The zero-order chi connectivity index (χ0) is 19.1. The molecule has 0 atom stereocenters. The number of aryl methyl sites for hydroxylation is 2. The summed E-state index contributed by atoms with van der Waals surface area (Å²) in [6.45, 7) is 3.68. The maximum atomic E-state index is 12.6. The molecule has 0 spiro atoms. The lowest BCUT2D eigenvalue weighted by molar-refractivity contribution is -0.170. The smallest absolute Gasteiger partial charge is 0.307 e. The largest absolute Gasteiger partial charge is 0.471 e. The van der Waals surface area contributed by atoms with Gasteiger partial charge in [0.2, 0.25) is 0 Å². The topological polar surface area (TPSA) is 33.2 Å². The van der Waals surface area contributed by atoms with Crippen LogP contribution in [0.1, 0.15) is 11.1 Å². The van der Waals surface area contributed by atoms with Gasteiger partial charge in [0.15, 0.2) is 0 Å². The molecule has 6 heteroatoms. The first-order valence-corrected chi connectivity index (χ1v) is 8.00. The van der Waals surface area contributed by atoms with Crippen LogP contribution in [-0.2, 0) is 4.79 Å². The van der Waals surface area contributed by atoms with Gasteiger partial charge < -0.3 is 4.90 Å². The lowest BCUT2D eigenvalue weighted by atomic mass is 10.0. The van der Waals surface area contributed by atoms with Gasteiger partial charge in [-0.15, -0.1) is 0 Å². The standard InChI is InChI=1S/C20H17F3N2O/c1-12-4-7-16-14(10-12)5-8-17(24-16)15-6-9-18(13(2)11-15)25(3)19(26)20(21,22)23/h4-11H,1-3H3. The Labute approximate surface area is 149 Å². The van der Waals surface area contributed by atoms with E-state index in [9.17, 15) is 18.0 Å². The molecule has 26 heavy (non-hydrogen) atoms. The molecule has 0 aliphatic carbocycles. The predicted octanol–water partition coefficient (Wildman–Crippen LogP) is 5.04. The molecule has 3 nitrogen and oxygen atoms in total. The van der Waals surface area contributed by atoms with Crippen LogP contribution in [0.2, 0.25) is 0 Å². The molecule has 0 bridgehead atoms. The number of fused-ring (bicyclic) bond motifs is 1. The Morgan fingerprint density at radius 1 is 1.00 bits per heavy atom. The third-order valence-electron chi connectivity index (χ3n) is 4.25. The number of carbonyl (C=O) groups excluding carboxylic acids is 1. The first-order valence-electron chi connectivity index (χ1n) is 8.00. The van der Waals surface area contributed by atoms with Gasteiger partial charge in [-0.25, -0.2) is 4.98 Å². The summed E-state index contributed by atoms with van der Waals surface area (Å²) in [7, 11) is 1.12. The second-order valence-corrected chi connectivity index (χ2v) is 6.26. The summed E-state index contributed by atoms with van der Waals surface area (Å²) in [6, 6.07) is 14.7. The molecule has 0 fully saturated rings. The quantitative estimate of drug-likeness (QED) is 0.643. The summed E-state index contributed by atoms with van der Waals surface area (Å²) in [4.78, 5) is 16.7. The molecule has 1 heterocycles. The van der Waals surface area contributed by atoms with E-state index in [4.69, 9.17) is 0 Å². The number of nitrogens with zero attached hydrogens (tertiary/aromatic N) is 2. The number of hydrogen-bond donors (Lipinski definition) is 0. The van der Waals surface area contributed by atoms with Crippen molar-refractivity contribution in [2.24, 2.45) is 0 Å². The maximum absolute atomic E-state index is 12.6. The summed E-state index contributed by atoms with van der Waals surface area (Å²) >= 11 is 0. The first-order chi connectivity index (χ1) is 12.2. The van der Waals surface area contributed by atoms with E-state index in [0.717, 1.165) is 34.8 Å². The van der Waals surface area contributed by atoms with Crippen LogP contribution in [0.3, 0.4) is 0 Å². The number of alkyl halides is 3. The number of halogens is 3. The van der Waals surface area contributed by atoms with Crippen molar-refractivity contribution in [3.63, 3.8) is 0 Å². The Morgan fingerprint density at radius 2 is 1.73 bits per heavy atom. The summed E-state index contributed by atoms with van der Waals surface area (Å²) in [5.74, 6) is -1.90. The molecule has 0 N–H and O–H groups in total. The monoisotopic (exact) mass is 358 g/mol. The molecule has 0 saturated carbocycles. The number of amides is 1. The number of aromatic nitrogens is 1. The molecule has 134 valence electrons. The second-order valence-electron chi connectivity index (χ2n) is 6.26. The van der Waals surface area contributed by atoms with Crippen LogP contribution < -0.4 is 4.90 Å². The van der Waals surface area contributed by atoms with Gasteiger partial charge in [0.05, 0.1) is 11.2 Å². The predicted molar refractivity (Wildman–Crippen MR) is 96.1 cm³/mol. The molecule has 0 aliphatic heterocycles. The summed E-state index contributed by atoms with van der Waals surface area (Å²) < 4.78 is 37.9. The highest BCUT2D eigenvalue weighted by Gasteiger charge is 2.41. The minimum atomic E-state index is -4.90. The third-order valence-corrected chi connectivity index (χ3v) is 4.25. The molecule has 0 saturated heterocycles. The van der Waals surface area contributed by atoms with E-state index in [0.29, 0.717) is 10.5 Å². The zero-order valence-corrected chi connectivity index (χ0v) is 14.6. The minimum absolute atomic E-state index is 0.215. The Morgan fingerprint density at radius 3 is 2.38 bits per heavy atom. The van der Waals surface area contributed by atoms with Crippen LogP contribution in [0.25, 0.3) is 22.2 Å². The van der Waals surface area contributed by atoms with Gasteiger partial charge in [-0.3, -0.25) is 4.79 Å². The van der Waals surface area contributed by atoms with Crippen molar-refractivity contribution in [1.82, 2.24) is 4.98 Å². The fraction of sp³-hybridized carbons (Fsp3) is 0.200. The Kier molecular flexibility index (Phi) is 4.44. The number of carbonyl (C=O) groups is 1. The first kappa shape index (κ1) is 17.9. The highest BCUT2D eigenvalue weighted by atomic mass is 19.4. The lowest BCUT2D eigenvalue weighted by Crippen LogP contribution is -2.38. The van der Waals surface area contributed by atoms with Gasteiger partial charge in [0.1, 0.15) is 0 Å². The number of anilines is 1. The molecular weight excluding hydrogens is 341 g/mol. The SMILES string of the molecule is Cc1ccc2nc(-c3ccc(N(C)C(=O)C(F)(F)F)c(C)c3)ccc2c1. The Balaban J connectivity index is 1.97. The molecule has 1 aromatic heterocycles. The number of benzene rings is 2. The van der Waals surface area contributed by atoms with E-state index >= 15 is 0 Å². The van der Waals surface area contributed by atoms with Crippen molar-refractivity contribution in [3.8, 4) is 11.3 Å². The molecule has 2 aromatic carbocycles. The Hall–Kier alpha value is -2.89. The van der Waals surface area contributed by atoms with Crippen LogP contribution in [0.5, 0.6) is 0 Å². The van der Waals surface area contributed by atoms with E-state index in [1.54, 1.807) is 19.1 Å². The normalized spacial score (nSPS) is 11.6. The van der Waals surface area contributed by atoms with Gasteiger partial charge in [0.25, 0.3) is 0 Å². The van der Waals surface area contributed by atoms with Crippen molar-refractivity contribution in [2.75, 3.05) is 11.9 Å². The highest BCUT2D eigenvalue weighted by Crippen LogP contribution is 2.29. The van der Waals surface area contributed by atoms with Gasteiger partial charge in [-0.05, 0) is 49.7 Å². The van der Waals surface area contributed by atoms with Crippen molar-refractivity contribution < 1.29 is 18.0 Å². The fourth-order valence-corrected chi connectivity index (χ4v) is 2.90. The average Bonchev–Trinajstić information content (AvgIpc) is 2.59. The second kappa shape index (κ2) is 6.44. The number of hydrogen-bond acceptors (Lipinski definition) is 2. The summed E-state index contributed by atoms with van der Waals surface area (Å²) in [6.07, 6.45) is -4.90. The molecule has 0 aliphatic rings. The lowest BCUT2D eigenvalue weighted by Gasteiger charge is -2.21. The third kappa shape index (κ3) is 3.40. The van der Waals surface area contributed by atoms with Crippen molar-refractivity contribution in [3.05, 3.63) is 59.7 Å². The minimum Gasteiger partial charge on any atom is -0.307 e. The van der Waals surface area contributed by atoms with Gasteiger partial charge >= 0.3 is 12.1 Å². The van der Waals surface area contributed by atoms with Gasteiger partial charge in [-0.1, -0.05) is 23.8 Å². The fourth-order valence-electron chi connectivity index (χ4n) is 2.90. The average molecular weight is 358 g/mol. The van der Waals surface area contributed by atoms with E-state index < -0.39 is 12.1 Å². The molecule has 0 radical (unpaired) electrons. The molecular formula is C20H17F3N2O. The van der Waals surface area contributed by atoms with Crippen molar-refractivity contribution in [1.29, 1.82) is 0 Å². The molecule has 0 unspecified atom stereocenters. The van der Waals surface area contributed by atoms with Gasteiger partial charge in [-0.2, -0.15) is 13.2 Å². The van der Waals surface area contributed by atoms with Gasteiger partial charge in [0, 0.05) is 23.7 Å². The molecule has 3 rings (SSSR count).